The number of hydrogen-bond donors (Lipinski definition) is 1. The number of carbonyl (C=O) groups is 1. The van der Waals surface area contributed by atoms with Crippen molar-refractivity contribution in [2.75, 3.05) is 0 Å². The summed E-state index contributed by atoms with van der Waals surface area (Å²) in [5.74, 6) is -1.15. The number of phenols is 1. The lowest BCUT2D eigenvalue weighted by molar-refractivity contribution is -0.404. The lowest BCUT2D eigenvalue weighted by atomic mass is 10.2. The average Bonchev–Trinajstić information content (AvgIpc) is 2.55. The second kappa shape index (κ2) is 8.05. The standard InChI is InChI=1S/C7H7NO.C6H3N3O7/c1-6(9)7-3-2-4-8-5-7;10-6-4(8(13)14)1-3(7(11)12)2-5(6)9(15)16/h2-5H,1H3;1-2,10H. The maximum atomic E-state index is 10.6. The van der Waals surface area contributed by atoms with Crippen LogP contribution in [0.5, 0.6) is 5.75 Å². The van der Waals surface area contributed by atoms with Gasteiger partial charge >= 0.3 is 11.4 Å². The van der Waals surface area contributed by atoms with Gasteiger partial charge in [-0.15, -0.1) is 0 Å². The van der Waals surface area contributed by atoms with E-state index in [1.165, 1.54) is 6.92 Å². The highest BCUT2D eigenvalue weighted by Gasteiger charge is 2.30. The van der Waals surface area contributed by atoms with Crippen LogP contribution in [0.25, 0.3) is 0 Å². The van der Waals surface area contributed by atoms with Crippen LogP contribution in [0.3, 0.4) is 0 Å². The van der Waals surface area contributed by atoms with Gasteiger partial charge in [-0.05, 0) is 19.1 Å². The Bertz CT molecular complexity index is 802. The molecule has 0 unspecified atom stereocenters. The van der Waals surface area contributed by atoms with Crippen molar-refractivity contribution in [2.45, 2.75) is 6.92 Å². The SMILES string of the molecule is CC(=O)c1cccnc1.O=[N+]([O-])c1cc([N+](=O)[O-])c(O)c([N+](=O)[O-])c1. The number of nitro benzene ring substituents is 3. The zero-order valence-corrected chi connectivity index (χ0v) is 12.6. The molecule has 1 aromatic carbocycles. The van der Waals surface area contributed by atoms with Crippen molar-refractivity contribution in [2.24, 2.45) is 0 Å². The van der Waals surface area contributed by atoms with Gasteiger partial charge in [-0.1, -0.05) is 0 Å². The summed E-state index contributed by atoms with van der Waals surface area (Å²) in [6, 6.07) is 4.39. The van der Waals surface area contributed by atoms with Crippen LogP contribution in [0.2, 0.25) is 0 Å². The predicted molar refractivity (Wildman–Crippen MR) is 82.3 cm³/mol. The largest absolute Gasteiger partial charge is 0.497 e. The molecule has 1 heterocycles. The number of phenolic OH excluding ortho intramolecular Hbond substituents is 1. The number of Topliss-reactive ketones (excluding diaryl/α,β-unsaturated/α-hetero) is 1. The summed E-state index contributed by atoms with van der Waals surface area (Å²) >= 11 is 0. The first-order chi connectivity index (χ1) is 11.6. The number of pyridine rings is 1. The molecule has 0 aliphatic rings. The number of aromatic nitrogens is 1. The van der Waals surface area contributed by atoms with Crippen LogP contribution >= 0.6 is 0 Å². The maximum Gasteiger partial charge on any atom is 0.324 e. The minimum atomic E-state index is -1.21. The van der Waals surface area contributed by atoms with Crippen LogP contribution in [-0.4, -0.2) is 30.6 Å². The number of rotatable bonds is 4. The lowest BCUT2D eigenvalue weighted by Crippen LogP contribution is -1.97. The van der Waals surface area contributed by atoms with Gasteiger partial charge in [0.1, 0.15) is 0 Å². The number of ketones is 1. The average molecular weight is 350 g/mol. The molecule has 0 saturated carbocycles. The maximum absolute atomic E-state index is 10.6. The Hall–Kier alpha value is -3.96. The molecule has 12 heteroatoms. The Morgan fingerprint density at radius 3 is 1.84 bits per heavy atom. The summed E-state index contributed by atoms with van der Waals surface area (Å²) in [7, 11) is 0. The van der Waals surface area contributed by atoms with Crippen molar-refractivity contribution in [3.63, 3.8) is 0 Å². The van der Waals surface area contributed by atoms with E-state index in [9.17, 15) is 35.1 Å². The van der Waals surface area contributed by atoms with Crippen molar-refractivity contribution in [3.05, 3.63) is 72.6 Å². The molecule has 0 aliphatic heterocycles. The minimum absolute atomic E-state index is 0.0584. The van der Waals surface area contributed by atoms with Gasteiger partial charge in [-0.3, -0.25) is 40.1 Å². The highest BCUT2D eigenvalue weighted by Crippen LogP contribution is 2.38. The molecule has 0 aliphatic carbocycles. The van der Waals surface area contributed by atoms with Gasteiger partial charge in [-0.2, -0.15) is 0 Å². The molecular weight excluding hydrogens is 340 g/mol. The van der Waals surface area contributed by atoms with Gasteiger partial charge < -0.3 is 5.11 Å². The monoisotopic (exact) mass is 350 g/mol. The molecule has 130 valence electrons. The number of non-ortho nitro benzene ring substituents is 1. The zero-order chi connectivity index (χ0) is 19.1. The molecular formula is C13H10N4O8. The number of nitrogens with zero attached hydrogens (tertiary/aromatic N) is 4. The zero-order valence-electron chi connectivity index (χ0n) is 12.6. The summed E-state index contributed by atoms with van der Waals surface area (Å²) < 4.78 is 0. The lowest BCUT2D eigenvalue weighted by Gasteiger charge is -1.97. The Balaban J connectivity index is 0.000000293. The van der Waals surface area contributed by atoms with Crippen molar-refractivity contribution in [1.29, 1.82) is 0 Å². The van der Waals surface area contributed by atoms with Gasteiger partial charge in [0, 0.05) is 18.0 Å². The van der Waals surface area contributed by atoms with Crippen molar-refractivity contribution < 1.29 is 24.7 Å². The topological polar surface area (TPSA) is 180 Å². The molecule has 0 amide bonds. The van der Waals surface area contributed by atoms with Gasteiger partial charge in [-0.25, -0.2) is 0 Å². The second-order valence-corrected chi connectivity index (χ2v) is 4.40. The number of benzene rings is 1. The second-order valence-electron chi connectivity index (χ2n) is 4.40. The van der Waals surface area contributed by atoms with Crippen molar-refractivity contribution in [1.82, 2.24) is 4.98 Å². The van der Waals surface area contributed by atoms with Crippen LogP contribution in [-0.2, 0) is 0 Å². The van der Waals surface area contributed by atoms with Crippen LogP contribution < -0.4 is 0 Å². The summed E-state index contributed by atoms with van der Waals surface area (Å²) in [4.78, 5) is 42.2. The fraction of sp³-hybridized carbons (Fsp3) is 0.0769. The van der Waals surface area contributed by atoms with E-state index in [0.717, 1.165) is 0 Å². The third kappa shape index (κ3) is 5.02. The molecule has 12 nitrogen and oxygen atoms in total. The van der Waals surface area contributed by atoms with Gasteiger partial charge in [0.25, 0.3) is 11.4 Å². The molecule has 0 spiro atoms. The molecule has 2 aromatic rings. The van der Waals surface area contributed by atoms with Crippen LogP contribution in [0.4, 0.5) is 17.1 Å². The molecule has 25 heavy (non-hydrogen) atoms. The summed E-state index contributed by atoms with van der Waals surface area (Å²) in [6.07, 6.45) is 3.20. The first kappa shape index (κ1) is 19.1. The van der Waals surface area contributed by atoms with Crippen LogP contribution in [0.1, 0.15) is 17.3 Å². The molecule has 0 fully saturated rings. The summed E-state index contributed by atoms with van der Waals surface area (Å²) in [5.41, 5.74) is -2.34. The van der Waals surface area contributed by atoms with E-state index in [0.29, 0.717) is 17.7 Å². The van der Waals surface area contributed by atoms with Crippen LogP contribution in [0, 0.1) is 30.3 Å². The normalized spacial score (nSPS) is 9.48. The van der Waals surface area contributed by atoms with Gasteiger partial charge in [0.2, 0.25) is 0 Å². The smallest absolute Gasteiger partial charge is 0.324 e. The molecule has 0 radical (unpaired) electrons. The quantitative estimate of drug-likeness (QED) is 0.492. The Labute approximate surface area is 138 Å². The van der Waals surface area contributed by atoms with Crippen LogP contribution in [0.15, 0.2) is 36.7 Å². The third-order valence-electron chi connectivity index (χ3n) is 2.73. The Kier molecular flexibility index (Phi) is 6.15. The highest BCUT2D eigenvalue weighted by atomic mass is 16.6. The molecule has 1 aromatic heterocycles. The van der Waals surface area contributed by atoms with Gasteiger partial charge in [0.15, 0.2) is 5.78 Å². The predicted octanol–water partition coefficient (Wildman–Crippen LogP) is 2.40. The highest BCUT2D eigenvalue weighted by molar-refractivity contribution is 5.93. The van der Waals surface area contributed by atoms with E-state index in [-0.39, 0.29) is 5.78 Å². The Morgan fingerprint density at radius 1 is 1.04 bits per heavy atom. The first-order valence-electron chi connectivity index (χ1n) is 6.36. The first-order valence-corrected chi connectivity index (χ1v) is 6.36. The van der Waals surface area contributed by atoms with Gasteiger partial charge in [0.05, 0.1) is 26.9 Å². The Morgan fingerprint density at radius 2 is 1.56 bits per heavy atom. The number of hydrogen-bond acceptors (Lipinski definition) is 9. The summed E-state index contributed by atoms with van der Waals surface area (Å²) in [5, 5.41) is 40.2. The molecule has 0 saturated heterocycles. The fourth-order valence-corrected chi connectivity index (χ4v) is 1.54. The van der Waals surface area contributed by atoms with E-state index in [1.54, 1.807) is 24.5 Å². The number of aromatic hydroxyl groups is 1. The van der Waals surface area contributed by atoms with Crippen molar-refractivity contribution >= 4 is 22.8 Å². The third-order valence-corrected chi connectivity index (χ3v) is 2.73. The van der Waals surface area contributed by atoms with E-state index in [2.05, 4.69) is 4.98 Å². The van der Waals surface area contributed by atoms with E-state index < -0.39 is 37.6 Å². The minimum Gasteiger partial charge on any atom is -0.497 e. The number of nitro groups is 3. The van der Waals surface area contributed by atoms with Crippen molar-refractivity contribution in [3.8, 4) is 5.75 Å². The summed E-state index contributed by atoms with van der Waals surface area (Å²) in [6.45, 7) is 1.52. The van der Waals surface area contributed by atoms with E-state index in [1.807, 2.05) is 0 Å². The molecule has 0 bridgehead atoms. The molecule has 2 rings (SSSR count). The molecule has 0 atom stereocenters. The van der Waals surface area contributed by atoms with E-state index in [4.69, 9.17) is 5.11 Å². The number of carbonyl (C=O) groups excluding carboxylic acids is 1. The fourth-order valence-electron chi connectivity index (χ4n) is 1.54. The van der Waals surface area contributed by atoms with E-state index >= 15 is 0 Å². The molecule has 1 N–H and O–H groups in total.